The zero-order valence-corrected chi connectivity index (χ0v) is 17.2. The molecule has 0 bridgehead atoms. The molecule has 0 unspecified atom stereocenters. The molecule has 4 nitrogen and oxygen atoms in total. The van der Waals surface area contributed by atoms with Crippen LogP contribution < -0.4 is 9.47 Å². The van der Waals surface area contributed by atoms with Gasteiger partial charge in [0, 0.05) is 0 Å². The highest BCUT2D eigenvalue weighted by molar-refractivity contribution is 6.07. The summed E-state index contributed by atoms with van der Waals surface area (Å²) in [6, 6.07) is 19.4. The van der Waals surface area contributed by atoms with Gasteiger partial charge in [0.25, 0.3) is 0 Å². The number of benzene rings is 3. The van der Waals surface area contributed by atoms with Crippen molar-refractivity contribution in [1.82, 2.24) is 0 Å². The van der Waals surface area contributed by atoms with Crippen molar-refractivity contribution in [2.24, 2.45) is 0 Å². The number of rotatable bonds is 6. The van der Waals surface area contributed by atoms with E-state index in [2.05, 4.69) is 0 Å². The number of fused-ring (bicyclic) bond motifs is 1. The Hall–Kier alpha value is -3.86. The number of aliphatic carboxylic acids is 1. The average Bonchev–Trinajstić information content (AvgIpc) is 3.00. The second-order valence-electron chi connectivity index (χ2n) is 7.27. The summed E-state index contributed by atoms with van der Waals surface area (Å²) in [5.74, 6) is 0.842. The molecule has 1 aliphatic carbocycles. The van der Waals surface area contributed by atoms with E-state index in [4.69, 9.17) is 9.47 Å². The van der Waals surface area contributed by atoms with Crippen molar-refractivity contribution in [2.45, 2.75) is 13.3 Å². The third-order valence-electron chi connectivity index (χ3n) is 5.27. The summed E-state index contributed by atoms with van der Waals surface area (Å²) in [4.78, 5) is 11.3. The zero-order valence-electron chi connectivity index (χ0n) is 17.2. The lowest BCUT2D eigenvalue weighted by Gasteiger charge is -2.08. The van der Waals surface area contributed by atoms with Crippen molar-refractivity contribution < 1.29 is 23.8 Å². The van der Waals surface area contributed by atoms with Crippen LogP contribution in [0.1, 0.15) is 30.0 Å². The smallest absolute Gasteiger partial charge is 0.307 e. The summed E-state index contributed by atoms with van der Waals surface area (Å²) in [6.07, 6.45) is 1.84. The Morgan fingerprint density at radius 2 is 1.55 bits per heavy atom. The SMILES string of the molecule is COc1ccc(Oc2ccc(/C=C3/C(C)=C(CC(=O)O)c4cc(F)ccc43)cc2)cc1. The molecule has 0 aromatic heterocycles. The first kappa shape index (κ1) is 20.4. The highest BCUT2D eigenvalue weighted by atomic mass is 19.1. The van der Waals surface area contributed by atoms with E-state index in [-0.39, 0.29) is 12.2 Å². The van der Waals surface area contributed by atoms with Crippen LogP contribution in [0.5, 0.6) is 17.2 Å². The lowest BCUT2D eigenvalue weighted by Crippen LogP contribution is -1.97. The molecule has 3 aromatic rings. The zero-order chi connectivity index (χ0) is 22.0. The number of carboxylic acid groups (broad SMARTS) is 1. The first-order valence-corrected chi connectivity index (χ1v) is 9.80. The summed E-state index contributed by atoms with van der Waals surface area (Å²) >= 11 is 0. The summed E-state index contributed by atoms with van der Waals surface area (Å²) in [5, 5.41) is 9.28. The number of halogens is 1. The van der Waals surface area contributed by atoms with Gasteiger partial charge in [0.05, 0.1) is 13.5 Å². The van der Waals surface area contributed by atoms with E-state index in [1.807, 2.05) is 61.5 Å². The summed E-state index contributed by atoms with van der Waals surface area (Å²) in [7, 11) is 1.61. The molecular formula is C26H21FO4. The molecule has 31 heavy (non-hydrogen) atoms. The molecule has 1 aliphatic rings. The molecular weight excluding hydrogens is 395 g/mol. The number of carbonyl (C=O) groups is 1. The van der Waals surface area contributed by atoms with E-state index in [0.717, 1.165) is 28.0 Å². The maximum atomic E-state index is 13.8. The van der Waals surface area contributed by atoms with Crippen LogP contribution in [0.25, 0.3) is 17.2 Å². The van der Waals surface area contributed by atoms with Gasteiger partial charge in [0.1, 0.15) is 23.1 Å². The van der Waals surface area contributed by atoms with Gasteiger partial charge in [-0.2, -0.15) is 0 Å². The summed E-state index contributed by atoms with van der Waals surface area (Å²) in [6.45, 7) is 1.88. The van der Waals surface area contributed by atoms with Crippen molar-refractivity contribution >= 4 is 23.2 Å². The summed E-state index contributed by atoms with van der Waals surface area (Å²) in [5.41, 5.74) is 4.81. The van der Waals surface area contributed by atoms with Gasteiger partial charge in [0.15, 0.2) is 0 Å². The predicted molar refractivity (Wildman–Crippen MR) is 119 cm³/mol. The average molecular weight is 416 g/mol. The van der Waals surface area contributed by atoms with Crippen LogP contribution in [0, 0.1) is 5.82 Å². The minimum atomic E-state index is -0.939. The topological polar surface area (TPSA) is 55.8 Å². The molecule has 156 valence electrons. The van der Waals surface area contributed by atoms with Gasteiger partial charge in [-0.25, -0.2) is 4.39 Å². The van der Waals surface area contributed by atoms with Crippen molar-refractivity contribution in [3.8, 4) is 17.2 Å². The van der Waals surface area contributed by atoms with Gasteiger partial charge in [-0.05, 0) is 94.9 Å². The van der Waals surface area contributed by atoms with Crippen molar-refractivity contribution in [3.05, 3.63) is 94.8 Å². The molecule has 0 saturated carbocycles. The number of allylic oxidation sites excluding steroid dienone is 2. The first-order valence-electron chi connectivity index (χ1n) is 9.80. The van der Waals surface area contributed by atoms with Gasteiger partial charge < -0.3 is 14.6 Å². The van der Waals surface area contributed by atoms with Gasteiger partial charge in [-0.15, -0.1) is 0 Å². The predicted octanol–water partition coefficient (Wildman–Crippen LogP) is 6.43. The number of hydrogen-bond acceptors (Lipinski definition) is 3. The third kappa shape index (κ3) is 4.36. The van der Waals surface area contributed by atoms with Crippen LogP contribution in [-0.2, 0) is 4.79 Å². The molecule has 0 spiro atoms. The van der Waals surface area contributed by atoms with E-state index in [0.29, 0.717) is 22.6 Å². The normalized spacial score (nSPS) is 14.0. The van der Waals surface area contributed by atoms with Crippen LogP contribution >= 0.6 is 0 Å². The quantitative estimate of drug-likeness (QED) is 0.503. The Kier molecular flexibility index (Phi) is 5.58. The molecule has 1 N–H and O–H groups in total. The van der Waals surface area contributed by atoms with Crippen molar-refractivity contribution in [3.63, 3.8) is 0 Å². The molecule has 0 radical (unpaired) electrons. The second-order valence-corrected chi connectivity index (χ2v) is 7.27. The number of ether oxygens (including phenoxy) is 2. The van der Waals surface area contributed by atoms with E-state index >= 15 is 0 Å². The number of carboxylic acids is 1. The van der Waals surface area contributed by atoms with Crippen LogP contribution in [0.4, 0.5) is 4.39 Å². The second kappa shape index (κ2) is 8.48. The standard InChI is InChI=1S/C26H21FO4/c1-16-23(22-12-5-18(27)14-25(22)24(16)15-26(28)29)13-17-3-6-20(7-4-17)31-21-10-8-19(30-2)9-11-21/h3-14H,15H2,1-2H3,(H,28,29)/b23-13-. The summed E-state index contributed by atoms with van der Waals surface area (Å²) < 4.78 is 24.8. The Morgan fingerprint density at radius 1 is 0.935 bits per heavy atom. The molecule has 0 heterocycles. The third-order valence-corrected chi connectivity index (χ3v) is 5.27. The molecule has 0 aliphatic heterocycles. The molecule has 5 heteroatoms. The van der Waals surface area contributed by atoms with E-state index in [1.165, 1.54) is 12.1 Å². The van der Waals surface area contributed by atoms with Crippen LogP contribution in [0.15, 0.2) is 72.3 Å². The molecule has 0 fully saturated rings. The Balaban J connectivity index is 1.61. The minimum absolute atomic E-state index is 0.145. The van der Waals surface area contributed by atoms with Gasteiger partial charge in [-0.3, -0.25) is 4.79 Å². The highest BCUT2D eigenvalue weighted by Crippen LogP contribution is 2.43. The minimum Gasteiger partial charge on any atom is -0.497 e. The fraction of sp³-hybridized carbons (Fsp3) is 0.115. The van der Waals surface area contributed by atoms with Crippen LogP contribution in [0.3, 0.4) is 0 Å². The van der Waals surface area contributed by atoms with Gasteiger partial charge in [0.2, 0.25) is 0 Å². The van der Waals surface area contributed by atoms with Crippen LogP contribution in [-0.4, -0.2) is 18.2 Å². The molecule has 0 amide bonds. The number of hydrogen-bond donors (Lipinski definition) is 1. The number of methoxy groups -OCH3 is 1. The molecule has 0 saturated heterocycles. The van der Waals surface area contributed by atoms with Gasteiger partial charge >= 0.3 is 5.97 Å². The molecule has 3 aromatic carbocycles. The van der Waals surface area contributed by atoms with E-state index < -0.39 is 5.97 Å². The fourth-order valence-corrected chi connectivity index (χ4v) is 3.71. The largest absolute Gasteiger partial charge is 0.497 e. The molecule has 0 atom stereocenters. The van der Waals surface area contributed by atoms with E-state index in [9.17, 15) is 14.3 Å². The Morgan fingerprint density at radius 3 is 2.16 bits per heavy atom. The van der Waals surface area contributed by atoms with E-state index in [1.54, 1.807) is 13.2 Å². The lowest BCUT2D eigenvalue weighted by atomic mass is 10.0. The Labute approximate surface area is 179 Å². The van der Waals surface area contributed by atoms with Crippen molar-refractivity contribution in [1.29, 1.82) is 0 Å². The van der Waals surface area contributed by atoms with Crippen molar-refractivity contribution in [2.75, 3.05) is 7.11 Å². The van der Waals surface area contributed by atoms with Gasteiger partial charge in [-0.1, -0.05) is 18.2 Å². The lowest BCUT2D eigenvalue weighted by molar-refractivity contribution is -0.135. The van der Waals surface area contributed by atoms with Crippen LogP contribution in [0.2, 0.25) is 0 Å². The first-order chi connectivity index (χ1) is 14.9. The maximum absolute atomic E-state index is 13.8. The monoisotopic (exact) mass is 416 g/mol. The maximum Gasteiger partial charge on any atom is 0.307 e. The fourth-order valence-electron chi connectivity index (χ4n) is 3.71. The molecule has 4 rings (SSSR count). The Bertz CT molecular complexity index is 1190. The highest BCUT2D eigenvalue weighted by Gasteiger charge is 2.25.